The number of benzene rings is 2. The zero-order valence-electron chi connectivity index (χ0n) is 14.1. The fourth-order valence-corrected chi connectivity index (χ4v) is 3.16. The molecule has 134 valence electrons. The monoisotopic (exact) mass is 374 g/mol. The Labute approximate surface area is 154 Å². The fourth-order valence-electron chi connectivity index (χ4n) is 2.97. The first-order valence-corrected chi connectivity index (χ1v) is 8.24. The van der Waals surface area contributed by atoms with Crippen molar-refractivity contribution in [3.05, 3.63) is 64.1 Å². The fraction of sp³-hybridized carbons (Fsp3) is 0.158. The lowest BCUT2D eigenvalue weighted by atomic mass is 10.1. The van der Waals surface area contributed by atoms with E-state index in [4.69, 9.17) is 11.6 Å². The van der Waals surface area contributed by atoms with Crippen LogP contribution in [-0.2, 0) is 11.2 Å². The molecule has 0 unspecified atom stereocenters. The van der Waals surface area contributed by atoms with E-state index in [2.05, 4.69) is 5.32 Å². The molecule has 0 aliphatic rings. The minimum atomic E-state index is -0.846. The van der Waals surface area contributed by atoms with Crippen LogP contribution in [0.3, 0.4) is 0 Å². The summed E-state index contributed by atoms with van der Waals surface area (Å²) in [4.78, 5) is 24.9. The number of likely N-dealkylation sites (N-methyl/N-ethyl adjacent to an activating group) is 1. The van der Waals surface area contributed by atoms with Crippen molar-refractivity contribution in [1.29, 1.82) is 0 Å². The Bertz CT molecular complexity index is 1040. The maximum absolute atomic E-state index is 14.0. The third kappa shape index (κ3) is 3.04. The van der Waals surface area contributed by atoms with Crippen LogP contribution < -0.4 is 5.32 Å². The highest BCUT2D eigenvalue weighted by molar-refractivity contribution is 6.31. The van der Waals surface area contributed by atoms with Gasteiger partial charge in [0.25, 0.3) is 5.91 Å². The maximum Gasteiger partial charge on any atom is 0.262 e. The van der Waals surface area contributed by atoms with E-state index in [1.807, 2.05) is 0 Å². The van der Waals surface area contributed by atoms with Gasteiger partial charge in [0.1, 0.15) is 0 Å². The van der Waals surface area contributed by atoms with Crippen LogP contribution >= 0.6 is 11.6 Å². The van der Waals surface area contributed by atoms with Gasteiger partial charge in [-0.05, 0) is 36.8 Å². The molecule has 2 N–H and O–H groups in total. The minimum Gasteiger partial charge on any atom is -0.505 e. The Morgan fingerprint density at radius 3 is 2.65 bits per heavy atom. The van der Waals surface area contributed by atoms with Crippen molar-refractivity contribution in [3.8, 4) is 5.75 Å². The van der Waals surface area contributed by atoms with E-state index in [9.17, 15) is 19.1 Å². The van der Waals surface area contributed by atoms with Crippen LogP contribution in [0.2, 0.25) is 5.02 Å². The number of nitrogens with one attached hydrogen (secondary N) is 1. The summed E-state index contributed by atoms with van der Waals surface area (Å²) in [5.74, 6) is -2.04. The van der Waals surface area contributed by atoms with Gasteiger partial charge in [-0.3, -0.25) is 14.2 Å². The first-order valence-electron chi connectivity index (χ1n) is 7.86. The van der Waals surface area contributed by atoms with Crippen LogP contribution in [0.4, 0.5) is 4.39 Å². The lowest BCUT2D eigenvalue weighted by molar-refractivity contribution is -0.119. The number of amides is 1. The van der Waals surface area contributed by atoms with Crippen LogP contribution in [-0.4, -0.2) is 28.5 Å². The normalized spacial score (nSPS) is 10.9. The van der Waals surface area contributed by atoms with Crippen LogP contribution in [0.1, 0.15) is 21.6 Å². The van der Waals surface area contributed by atoms with Gasteiger partial charge in [-0.1, -0.05) is 17.7 Å². The largest absolute Gasteiger partial charge is 0.505 e. The van der Waals surface area contributed by atoms with Crippen LogP contribution in [0.25, 0.3) is 10.9 Å². The predicted octanol–water partition coefficient (Wildman–Crippen LogP) is 3.42. The molecule has 0 radical (unpaired) electrons. The second kappa shape index (κ2) is 6.80. The third-order valence-electron chi connectivity index (χ3n) is 4.29. The number of nitrogens with zero attached hydrogens (tertiary/aromatic N) is 1. The highest BCUT2D eigenvalue weighted by Gasteiger charge is 2.23. The van der Waals surface area contributed by atoms with Crippen molar-refractivity contribution in [2.24, 2.45) is 0 Å². The zero-order valence-corrected chi connectivity index (χ0v) is 14.9. The Morgan fingerprint density at radius 2 is 2.00 bits per heavy atom. The van der Waals surface area contributed by atoms with E-state index in [0.717, 1.165) is 6.07 Å². The highest BCUT2D eigenvalue weighted by atomic mass is 35.5. The number of rotatable bonds is 3. The molecule has 26 heavy (non-hydrogen) atoms. The molecule has 0 aliphatic carbocycles. The van der Waals surface area contributed by atoms with E-state index >= 15 is 0 Å². The summed E-state index contributed by atoms with van der Waals surface area (Å²) in [6.45, 7) is 1.68. The first-order chi connectivity index (χ1) is 12.3. The van der Waals surface area contributed by atoms with Gasteiger partial charge in [0.15, 0.2) is 11.6 Å². The highest BCUT2D eigenvalue weighted by Crippen LogP contribution is 2.32. The van der Waals surface area contributed by atoms with Crippen molar-refractivity contribution in [2.75, 3.05) is 7.05 Å². The molecule has 0 fully saturated rings. The number of phenolic OH excluding ortho intramolecular Hbond substituents is 1. The molecule has 0 aliphatic heterocycles. The lowest BCUT2D eigenvalue weighted by Gasteiger charge is -2.08. The second-order valence-corrected chi connectivity index (χ2v) is 6.32. The standard InChI is InChI=1S/C19H16ClFN2O3/c1-10-13(8-18(25)22-2)14-7-17(24)15(21)9-16(14)23(10)19(26)11-4-3-5-12(20)6-11/h3-7,9,24H,8H2,1-2H3,(H,22,25). The molecule has 0 spiro atoms. The Kier molecular flexibility index (Phi) is 4.70. The number of carbonyl (C=O) groups is 2. The summed E-state index contributed by atoms with van der Waals surface area (Å²) in [5.41, 5.74) is 1.66. The molecule has 0 saturated carbocycles. The van der Waals surface area contributed by atoms with Gasteiger partial charge in [-0.25, -0.2) is 4.39 Å². The van der Waals surface area contributed by atoms with Gasteiger partial charge in [-0.15, -0.1) is 0 Å². The number of aromatic hydroxyl groups is 1. The quantitative estimate of drug-likeness (QED) is 0.737. The topological polar surface area (TPSA) is 71.3 Å². The average molecular weight is 375 g/mol. The summed E-state index contributed by atoms with van der Waals surface area (Å²) in [7, 11) is 1.51. The molecule has 5 nitrogen and oxygen atoms in total. The molecular weight excluding hydrogens is 359 g/mol. The summed E-state index contributed by atoms with van der Waals surface area (Å²) >= 11 is 5.97. The van der Waals surface area contributed by atoms with Crippen LogP contribution in [0, 0.1) is 12.7 Å². The van der Waals surface area contributed by atoms with Gasteiger partial charge in [-0.2, -0.15) is 0 Å². The molecular formula is C19H16ClFN2O3. The van der Waals surface area contributed by atoms with Gasteiger partial charge in [0.05, 0.1) is 11.9 Å². The van der Waals surface area contributed by atoms with E-state index in [0.29, 0.717) is 27.2 Å². The lowest BCUT2D eigenvalue weighted by Crippen LogP contribution is -2.20. The number of fused-ring (bicyclic) bond motifs is 1. The first kappa shape index (κ1) is 17.9. The van der Waals surface area contributed by atoms with Gasteiger partial charge in [0, 0.05) is 34.8 Å². The molecule has 3 aromatic rings. The molecule has 0 saturated heterocycles. The van der Waals surface area contributed by atoms with Crippen molar-refractivity contribution >= 4 is 34.3 Å². The van der Waals surface area contributed by atoms with Crippen molar-refractivity contribution < 1.29 is 19.1 Å². The predicted molar refractivity (Wildman–Crippen MR) is 97.2 cm³/mol. The minimum absolute atomic E-state index is 0.000266. The van der Waals surface area contributed by atoms with Crippen LogP contribution in [0.5, 0.6) is 5.75 Å². The second-order valence-electron chi connectivity index (χ2n) is 5.89. The average Bonchev–Trinajstić information content (AvgIpc) is 2.86. The zero-order chi connectivity index (χ0) is 19.0. The van der Waals surface area contributed by atoms with E-state index in [1.165, 1.54) is 23.7 Å². The number of hydrogen-bond donors (Lipinski definition) is 2. The third-order valence-corrected chi connectivity index (χ3v) is 4.53. The van der Waals surface area contributed by atoms with E-state index < -0.39 is 17.5 Å². The molecule has 1 aromatic heterocycles. The summed E-state index contributed by atoms with van der Waals surface area (Å²) in [6.07, 6.45) is -0.000266. The van der Waals surface area contributed by atoms with E-state index in [1.54, 1.807) is 25.1 Å². The number of carbonyl (C=O) groups excluding carboxylic acids is 2. The molecule has 2 aromatic carbocycles. The number of aromatic nitrogens is 1. The Hall–Kier alpha value is -2.86. The summed E-state index contributed by atoms with van der Waals surface area (Å²) in [5, 5.41) is 13.1. The summed E-state index contributed by atoms with van der Waals surface area (Å²) < 4.78 is 15.3. The smallest absolute Gasteiger partial charge is 0.262 e. The molecule has 3 rings (SSSR count). The molecule has 1 heterocycles. The number of halogens is 2. The van der Waals surface area contributed by atoms with E-state index in [-0.39, 0.29) is 17.8 Å². The molecule has 7 heteroatoms. The van der Waals surface area contributed by atoms with Crippen LogP contribution in [0.15, 0.2) is 36.4 Å². The SMILES string of the molecule is CNC(=O)Cc1c(C)n(C(=O)c2cccc(Cl)c2)c2cc(F)c(O)cc12. The Balaban J connectivity index is 2.27. The number of hydrogen-bond acceptors (Lipinski definition) is 3. The maximum atomic E-state index is 14.0. The van der Waals surface area contributed by atoms with Gasteiger partial charge < -0.3 is 10.4 Å². The molecule has 1 amide bonds. The number of phenols is 1. The van der Waals surface area contributed by atoms with Crippen molar-refractivity contribution in [1.82, 2.24) is 9.88 Å². The van der Waals surface area contributed by atoms with Crippen molar-refractivity contribution in [2.45, 2.75) is 13.3 Å². The van der Waals surface area contributed by atoms with Crippen molar-refractivity contribution in [3.63, 3.8) is 0 Å². The Morgan fingerprint density at radius 1 is 1.27 bits per heavy atom. The van der Waals surface area contributed by atoms with Gasteiger partial charge in [0.2, 0.25) is 5.91 Å². The summed E-state index contributed by atoms with van der Waals surface area (Å²) in [6, 6.07) is 8.74. The molecule has 0 bridgehead atoms. The van der Waals surface area contributed by atoms with Gasteiger partial charge >= 0.3 is 0 Å². The molecule has 0 atom stereocenters.